The van der Waals surface area contributed by atoms with E-state index < -0.39 is 5.60 Å². The van der Waals surface area contributed by atoms with Crippen molar-refractivity contribution < 1.29 is 9.53 Å². The summed E-state index contributed by atoms with van der Waals surface area (Å²) in [5, 5.41) is 0. The average Bonchev–Trinajstić information content (AvgIpc) is 2.73. The molecule has 8 heteroatoms. The van der Waals surface area contributed by atoms with Gasteiger partial charge < -0.3 is 14.5 Å². The minimum atomic E-state index is -0.442. The van der Waals surface area contributed by atoms with Crippen LogP contribution in [0.5, 0.6) is 0 Å². The van der Waals surface area contributed by atoms with Gasteiger partial charge in [-0.25, -0.2) is 4.79 Å². The van der Waals surface area contributed by atoms with Crippen molar-refractivity contribution in [3.63, 3.8) is 0 Å². The molecule has 19 heavy (non-hydrogen) atoms. The van der Waals surface area contributed by atoms with Crippen molar-refractivity contribution in [3.8, 4) is 0 Å². The number of anilines is 1. The highest BCUT2D eigenvalue weighted by Crippen LogP contribution is 2.21. The third-order valence-corrected chi connectivity index (χ3v) is 4.23. The second kappa shape index (κ2) is 5.78. The molecule has 1 aliphatic rings. The van der Waals surface area contributed by atoms with Crippen LogP contribution in [0.15, 0.2) is 0 Å². The van der Waals surface area contributed by atoms with E-state index in [-0.39, 0.29) is 6.09 Å². The van der Waals surface area contributed by atoms with Crippen molar-refractivity contribution in [3.05, 3.63) is 3.70 Å². The molecule has 0 N–H and O–H groups in total. The standard InChI is InChI=1S/C11H17IN4O2S/c1-11(2,3)18-10(17)16-6-4-15(5-7-16)9-8(12)13-19-14-9/h4-7H2,1-3H3. The molecular formula is C11H17IN4O2S. The van der Waals surface area contributed by atoms with Crippen LogP contribution >= 0.6 is 34.3 Å². The molecule has 0 bridgehead atoms. The maximum atomic E-state index is 11.9. The highest BCUT2D eigenvalue weighted by Gasteiger charge is 2.27. The van der Waals surface area contributed by atoms with E-state index >= 15 is 0 Å². The van der Waals surface area contributed by atoms with Crippen molar-refractivity contribution in [2.75, 3.05) is 31.1 Å². The van der Waals surface area contributed by atoms with Gasteiger partial charge in [-0.2, -0.15) is 8.75 Å². The van der Waals surface area contributed by atoms with E-state index in [1.54, 1.807) is 4.90 Å². The Hall–Kier alpha value is -0.640. The van der Waals surface area contributed by atoms with Crippen molar-refractivity contribution in [2.45, 2.75) is 26.4 Å². The van der Waals surface area contributed by atoms with E-state index in [1.807, 2.05) is 20.8 Å². The second-order valence-electron chi connectivity index (χ2n) is 5.33. The molecule has 1 amide bonds. The molecule has 2 heterocycles. The van der Waals surface area contributed by atoms with Gasteiger partial charge >= 0.3 is 6.09 Å². The van der Waals surface area contributed by atoms with Gasteiger partial charge in [-0.3, -0.25) is 0 Å². The summed E-state index contributed by atoms with van der Waals surface area (Å²) in [5.74, 6) is 0.925. The highest BCUT2D eigenvalue weighted by molar-refractivity contribution is 14.1. The van der Waals surface area contributed by atoms with E-state index in [0.717, 1.165) is 22.6 Å². The van der Waals surface area contributed by atoms with Crippen LogP contribution in [-0.4, -0.2) is 51.5 Å². The first-order valence-electron chi connectivity index (χ1n) is 6.08. The number of halogens is 1. The predicted molar refractivity (Wildman–Crippen MR) is 82.6 cm³/mol. The molecular weight excluding hydrogens is 379 g/mol. The molecule has 6 nitrogen and oxygen atoms in total. The van der Waals surface area contributed by atoms with Gasteiger partial charge in [0.1, 0.15) is 5.60 Å². The number of piperazine rings is 1. The number of ether oxygens (including phenoxy) is 1. The van der Waals surface area contributed by atoms with Crippen LogP contribution in [0.4, 0.5) is 10.6 Å². The van der Waals surface area contributed by atoms with Crippen LogP contribution in [-0.2, 0) is 4.74 Å². The Kier molecular flexibility index (Phi) is 4.49. The molecule has 106 valence electrons. The summed E-state index contributed by atoms with van der Waals surface area (Å²) >= 11 is 3.40. The summed E-state index contributed by atoms with van der Waals surface area (Å²) < 4.78 is 14.7. The monoisotopic (exact) mass is 396 g/mol. The molecule has 0 saturated carbocycles. The van der Waals surface area contributed by atoms with E-state index in [2.05, 4.69) is 36.2 Å². The van der Waals surface area contributed by atoms with Gasteiger partial charge in [0.15, 0.2) is 9.52 Å². The van der Waals surface area contributed by atoms with Crippen molar-refractivity contribution >= 4 is 46.2 Å². The normalized spacial score (nSPS) is 16.6. The topological polar surface area (TPSA) is 58.6 Å². The van der Waals surface area contributed by atoms with E-state index in [0.29, 0.717) is 13.1 Å². The summed E-state index contributed by atoms with van der Waals surface area (Å²) in [7, 11) is 0. The Morgan fingerprint density at radius 3 is 2.37 bits per heavy atom. The molecule has 1 saturated heterocycles. The minimum Gasteiger partial charge on any atom is -0.444 e. The molecule has 0 aromatic carbocycles. The van der Waals surface area contributed by atoms with Gasteiger partial charge in [0.25, 0.3) is 0 Å². The van der Waals surface area contributed by atoms with E-state index in [1.165, 1.54) is 11.7 Å². The molecule has 1 aromatic rings. The lowest BCUT2D eigenvalue weighted by Crippen LogP contribution is -2.50. The fourth-order valence-corrected chi connectivity index (χ4v) is 3.15. The summed E-state index contributed by atoms with van der Waals surface area (Å²) in [5.41, 5.74) is -0.442. The lowest BCUT2D eigenvalue weighted by Gasteiger charge is -2.35. The first-order valence-corrected chi connectivity index (χ1v) is 7.88. The Morgan fingerprint density at radius 1 is 1.26 bits per heavy atom. The summed E-state index contributed by atoms with van der Waals surface area (Å²) in [4.78, 5) is 15.8. The molecule has 1 fully saturated rings. The number of hydrogen-bond acceptors (Lipinski definition) is 6. The number of carbonyl (C=O) groups excluding carboxylic acids is 1. The molecule has 0 unspecified atom stereocenters. The molecule has 0 radical (unpaired) electrons. The van der Waals surface area contributed by atoms with Crippen LogP contribution in [0.25, 0.3) is 0 Å². The second-order valence-corrected chi connectivity index (χ2v) is 6.88. The lowest BCUT2D eigenvalue weighted by atomic mass is 10.2. The maximum absolute atomic E-state index is 11.9. The number of amides is 1. The predicted octanol–water partition coefficient (Wildman–Crippen LogP) is 2.20. The average molecular weight is 396 g/mol. The van der Waals surface area contributed by atoms with Crippen LogP contribution in [0.2, 0.25) is 0 Å². The number of carbonyl (C=O) groups is 1. The zero-order chi connectivity index (χ0) is 14.0. The zero-order valence-corrected chi connectivity index (χ0v) is 14.2. The van der Waals surface area contributed by atoms with Gasteiger partial charge in [-0.05, 0) is 43.4 Å². The highest BCUT2D eigenvalue weighted by atomic mass is 127. The van der Waals surface area contributed by atoms with Crippen LogP contribution in [0, 0.1) is 3.70 Å². The quantitative estimate of drug-likeness (QED) is 0.682. The fraction of sp³-hybridized carbons (Fsp3) is 0.727. The van der Waals surface area contributed by atoms with E-state index in [9.17, 15) is 4.79 Å². The molecule has 0 atom stereocenters. The van der Waals surface area contributed by atoms with Gasteiger partial charge in [0.05, 0.1) is 11.7 Å². The van der Waals surface area contributed by atoms with Crippen LogP contribution in [0.1, 0.15) is 20.8 Å². The number of rotatable bonds is 1. The van der Waals surface area contributed by atoms with Gasteiger partial charge in [0.2, 0.25) is 0 Å². The number of hydrogen-bond donors (Lipinski definition) is 0. The van der Waals surface area contributed by atoms with Gasteiger partial charge in [-0.15, -0.1) is 0 Å². The molecule has 0 aliphatic carbocycles. The SMILES string of the molecule is CC(C)(C)OC(=O)N1CCN(c2nsnc2I)CC1. The maximum Gasteiger partial charge on any atom is 0.410 e. The summed E-state index contributed by atoms with van der Waals surface area (Å²) in [6, 6.07) is 0. The fourth-order valence-electron chi connectivity index (χ4n) is 1.79. The van der Waals surface area contributed by atoms with Gasteiger partial charge in [0, 0.05) is 26.2 Å². The Balaban J connectivity index is 1.89. The van der Waals surface area contributed by atoms with Crippen molar-refractivity contribution in [1.29, 1.82) is 0 Å². The Morgan fingerprint density at radius 2 is 1.89 bits per heavy atom. The summed E-state index contributed by atoms with van der Waals surface area (Å²) in [6.07, 6.45) is -0.238. The largest absolute Gasteiger partial charge is 0.444 e. The summed E-state index contributed by atoms with van der Waals surface area (Å²) in [6.45, 7) is 8.48. The number of aromatic nitrogens is 2. The first-order chi connectivity index (χ1) is 8.87. The van der Waals surface area contributed by atoms with Gasteiger partial charge in [-0.1, -0.05) is 0 Å². The van der Waals surface area contributed by atoms with Crippen LogP contribution < -0.4 is 4.90 Å². The van der Waals surface area contributed by atoms with E-state index in [4.69, 9.17) is 4.74 Å². The molecule has 1 aliphatic heterocycles. The lowest BCUT2D eigenvalue weighted by molar-refractivity contribution is 0.0240. The third kappa shape index (κ3) is 3.91. The molecule has 0 spiro atoms. The Bertz CT molecular complexity index is 452. The zero-order valence-electron chi connectivity index (χ0n) is 11.2. The van der Waals surface area contributed by atoms with Crippen molar-refractivity contribution in [2.24, 2.45) is 0 Å². The first kappa shape index (κ1) is 14.8. The Labute approximate surface area is 130 Å². The smallest absolute Gasteiger partial charge is 0.410 e. The van der Waals surface area contributed by atoms with Crippen LogP contribution in [0.3, 0.4) is 0 Å². The minimum absolute atomic E-state index is 0.238. The van der Waals surface area contributed by atoms with Crippen molar-refractivity contribution in [1.82, 2.24) is 13.6 Å². The number of nitrogens with zero attached hydrogens (tertiary/aromatic N) is 4. The third-order valence-electron chi connectivity index (χ3n) is 2.66. The molecule has 2 rings (SSSR count). The molecule has 1 aromatic heterocycles.